The third-order valence-electron chi connectivity index (χ3n) is 5.44. The van der Waals surface area contributed by atoms with E-state index >= 15 is 0 Å². The Bertz CT molecular complexity index is 888. The van der Waals surface area contributed by atoms with E-state index in [1.807, 2.05) is 64.1 Å². The highest BCUT2D eigenvalue weighted by atomic mass is 16.6. The fraction of sp³-hybridized carbons (Fsp3) is 0.286. The number of benzene rings is 1. The Kier molecular flexibility index (Phi) is 4.38. The summed E-state index contributed by atoms with van der Waals surface area (Å²) >= 11 is 0. The van der Waals surface area contributed by atoms with Gasteiger partial charge in [0, 0.05) is 5.22 Å². The van der Waals surface area contributed by atoms with Crippen molar-refractivity contribution in [3.8, 4) is 0 Å². The fourth-order valence-electron chi connectivity index (χ4n) is 2.88. The second-order valence-electron chi connectivity index (χ2n) is 7.57. The SMILES string of the molecule is CC1(C)N([O])C(=c2ccc(=CC=C3C=CC(=O)C=C3)cc2)N(O)C1(C)C. The van der Waals surface area contributed by atoms with Crippen molar-refractivity contribution in [1.29, 1.82) is 0 Å². The van der Waals surface area contributed by atoms with E-state index in [4.69, 9.17) is 0 Å². The maximum atomic E-state index is 12.7. The Balaban J connectivity index is 1.98. The first-order valence-corrected chi connectivity index (χ1v) is 8.53. The second kappa shape index (κ2) is 6.27. The summed E-state index contributed by atoms with van der Waals surface area (Å²) in [7, 11) is 0. The summed E-state index contributed by atoms with van der Waals surface area (Å²) in [6.07, 6.45) is 10.4. The molecule has 1 aliphatic carbocycles. The highest BCUT2D eigenvalue weighted by Gasteiger charge is 2.56. The van der Waals surface area contributed by atoms with Gasteiger partial charge in [-0.15, -0.1) is 0 Å². The Morgan fingerprint density at radius 1 is 0.885 bits per heavy atom. The van der Waals surface area contributed by atoms with Crippen LogP contribution < -0.4 is 10.4 Å². The number of carbonyl (C=O) groups excluding carboxylic acids is 1. The van der Waals surface area contributed by atoms with Gasteiger partial charge in [-0.3, -0.25) is 10.0 Å². The summed E-state index contributed by atoms with van der Waals surface area (Å²) in [5.41, 5.74) is -0.533. The van der Waals surface area contributed by atoms with Crippen LogP contribution in [-0.2, 0) is 10.0 Å². The highest BCUT2D eigenvalue weighted by molar-refractivity contribution is 6.01. The molecule has 1 heterocycles. The predicted molar refractivity (Wildman–Crippen MR) is 99.2 cm³/mol. The zero-order valence-corrected chi connectivity index (χ0v) is 15.4. The Morgan fingerprint density at radius 3 is 1.96 bits per heavy atom. The van der Waals surface area contributed by atoms with E-state index in [2.05, 4.69) is 0 Å². The van der Waals surface area contributed by atoms with E-state index in [0.29, 0.717) is 5.22 Å². The molecule has 5 heteroatoms. The number of rotatable bonds is 1. The lowest BCUT2D eigenvalue weighted by Crippen LogP contribution is -2.52. The minimum Gasteiger partial charge on any atom is -0.290 e. The van der Waals surface area contributed by atoms with E-state index in [1.165, 1.54) is 12.2 Å². The van der Waals surface area contributed by atoms with E-state index < -0.39 is 11.1 Å². The molecule has 1 radical (unpaired) electrons. The molecule has 1 saturated heterocycles. The zero-order valence-electron chi connectivity index (χ0n) is 15.4. The lowest BCUT2D eigenvalue weighted by Gasteiger charge is -2.36. The van der Waals surface area contributed by atoms with E-state index in [-0.39, 0.29) is 11.6 Å². The Labute approximate surface area is 153 Å². The number of nitrogens with zero attached hydrogens (tertiary/aromatic N) is 2. The average Bonchev–Trinajstić information content (AvgIpc) is 2.73. The molecule has 5 nitrogen and oxygen atoms in total. The smallest absolute Gasteiger partial charge is 0.178 e. The average molecular weight is 351 g/mol. The van der Waals surface area contributed by atoms with Gasteiger partial charge >= 0.3 is 0 Å². The molecule has 0 unspecified atom stereocenters. The van der Waals surface area contributed by atoms with Crippen LogP contribution in [0.5, 0.6) is 0 Å². The van der Waals surface area contributed by atoms with Crippen molar-refractivity contribution in [2.24, 2.45) is 0 Å². The molecule has 26 heavy (non-hydrogen) atoms. The van der Waals surface area contributed by atoms with E-state index in [9.17, 15) is 15.2 Å². The zero-order chi connectivity index (χ0) is 19.1. The van der Waals surface area contributed by atoms with Crippen molar-refractivity contribution in [2.75, 3.05) is 0 Å². The summed E-state index contributed by atoms with van der Waals surface area (Å²) < 4.78 is 0. The third kappa shape index (κ3) is 2.89. The van der Waals surface area contributed by atoms with Crippen molar-refractivity contribution < 1.29 is 15.2 Å². The molecule has 0 amide bonds. The van der Waals surface area contributed by atoms with Gasteiger partial charge in [-0.25, -0.2) is 5.06 Å². The molecule has 1 fully saturated rings. The molecule has 1 aliphatic heterocycles. The maximum absolute atomic E-state index is 12.7. The van der Waals surface area contributed by atoms with Gasteiger partial charge in [0.25, 0.3) is 0 Å². The maximum Gasteiger partial charge on any atom is 0.178 e. The molecular weight excluding hydrogens is 328 g/mol. The normalized spacial score (nSPS) is 20.8. The first-order valence-electron chi connectivity index (χ1n) is 8.53. The number of hydroxylamine groups is 4. The number of carbonyl (C=O) groups is 1. The van der Waals surface area contributed by atoms with Crippen molar-refractivity contribution in [3.63, 3.8) is 0 Å². The molecule has 2 aliphatic rings. The third-order valence-corrected chi connectivity index (χ3v) is 5.44. The highest BCUT2D eigenvalue weighted by Crippen LogP contribution is 2.43. The molecule has 1 aromatic rings. The van der Waals surface area contributed by atoms with Crippen LogP contribution in [0.15, 0.2) is 60.2 Å². The van der Waals surface area contributed by atoms with Crippen LogP contribution >= 0.6 is 0 Å². The molecule has 135 valence electrons. The molecular formula is C21H23N2O3. The van der Waals surface area contributed by atoms with Crippen LogP contribution in [0.4, 0.5) is 0 Å². The van der Waals surface area contributed by atoms with Gasteiger partial charge in [-0.1, -0.05) is 53.8 Å². The van der Waals surface area contributed by atoms with Crippen molar-refractivity contribution >= 4 is 17.7 Å². The van der Waals surface area contributed by atoms with Crippen LogP contribution in [0.1, 0.15) is 27.7 Å². The first-order chi connectivity index (χ1) is 12.1. The molecule has 0 spiro atoms. The molecule has 0 bridgehead atoms. The quantitative estimate of drug-likeness (QED) is 0.841. The summed E-state index contributed by atoms with van der Waals surface area (Å²) in [5.74, 6) is 0.239. The van der Waals surface area contributed by atoms with Crippen LogP contribution in [0, 0.1) is 0 Å². The van der Waals surface area contributed by atoms with Gasteiger partial charge in [-0.05, 0) is 50.6 Å². The summed E-state index contributed by atoms with van der Waals surface area (Å²) in [5, 5.41) is 26.8. The standard InChI is InChI=1S/C21H23N2O3/c1-20(2)21(3,4)23(26)19(22(20)25)17-11-7-15(8-12-17)5-6-16-9-13-18(24)14-10-16/h5-14,25H,1-4H3. The van der Waals surface area contributed by atoms with Gasteiger partial charge in [0.05, 0.1) is 11.1 Å². The first kappa shape index (κ1) is 18.2. The largest absolute Gasteiger partial charge is 0.290 e. The topological polar surface area (TPSA) is 63.7 Å². The van der Waals surface area contributed by atoms with E-state index in [1.54, 1.807) is 12.2 Å². The lowest BCUT2D eigenvalue weighted by molar-refractivity contribution is -0.167. The molecule has 0 saturated carbocycles. The van der Waals surface area contributed by atoms with Gasteiger partial charge in [0.1, 0.15) is 0 Å². The molecule has 0 atom stereocenters. The predicted octanol–water partition coefficient (Wildman–Crippen LogP) is 2.06. The Morgan fingerprint density at radius 2 is 1.46 bits per heavy atom. The fourth-order valence-corrected chi connectivity index (χ4v) is 2.88. The molecule has 1 aromatic carbocycles. The number of ketones is 1. The summed E-state index contributed by atoms with van der Waals surface area (Å²) in [4.78, 5) is 11.1. The Hall–Kier alpha value is -2.63. The van der Waals surface area contributed by atoms with Crippen molar-refractivity contribution in [3.05, 3.63) is 70.7 Å². The molecule has 0 aromatic heterocycles. The molecule has 3 rings (SSSR count). The van der Waals surface area contributed by atoms with Crippen LogP contribution in [-0.4, -0.2) is 32.2 Å². The van der Waals surface area contributed by atoms with Crippen molar-refractivity contribution in [2.45, 2.75) is 38.8 Å². The summed E-state index contributed by atoms with van der Waals surface area (Å²) in [6, 6.07) is 7.42. The summed E-state index contributed by atoms with van der Waals surface area (Å²) in [6.45, 7) is 7.32. The van der Waals surface area contributed by atoms with Gasteiger partial charge < -0.3 is 0 Å². The van der Waals surface area contributed by atoms with Crippen LogP contribution in [0.3, 0.4) is 0 Å². The van der Waals surface area contributed by atoms with Gasteiger partial charge in [0.15, 0.2) is 11.6 Å². The number of hydrogen-bond acceptors (Lipinski definition) is 4. The minimum absolute atomic E-state index is 0.0123. The monoisotopic (exact) mass is 351 g/mol. The van der Waals surface area contributed by atoms with Crippen LogP contribution in [0.2, 0.25) is 0 Å². The van der Waals surface area contributed by atoms with Crippen molar-refractivity contribution in [1.82, 2.24) is 10.1 Å². The molecule has 1 N–H and O–H groups in total. The second-order valence-corrected chi connectivity index (χ2v) is 7.57. The van der Waals surface area contributed by atoms with Gasteiger partial charge in [0.2, 0.25) is 0 Å². The van der Waals surface area contributed by atoms with E-state index in [0.717, 1.165) is 20.9 Å². The van der Waals surface area contributed by atoms with Crippen LogP contribution in [0.25, 0.3) is 11.9 Å². The number of hydrogen-bond donors (Lipinski definition) is 1. The number of allylic oxidation sites excluding steroid dienone is 6. The lowest BCUT2D eigenvalue weighted by atomic mass is 9.84. The van der Waals surface area contributed by atoms with Gasteiger partial charge in [-0.2, -0.15) is 5.06 Å². The minimum atomic E-state index is -0.761.